The van der Waals surface area contributed by atoms with E-state index in [1.54, 1.807) is 13.3 Å². The van der Waals surface area contributed by atoms with Gasteiger partial charge < -0.3 is 41.7 Å². The molecular formula is C29H48N8O7S6. The molecule has 2 aliphatic heterocycles. The minimum atomic E-state index is -1.14. The second-order valence-corrected chi connectivity index (χ2v) is 18.1. The molecule has 2 aliphatic rings. The van der Waals surface area contributed by atoms with Crippen LogP contribution in [-0.2, 0) is 33.6 Å². The van der Waals surface area contributed by atoms with Gasteiger partial charge in [-0.25, -0.2) is 0 Å². The molecule has 0 aromatic rings. The van der Waals surface area contributed by atoms with E-state index in [1.807, 2.05) is 6.26 Å². The van der Waals surface area contributed by atoms with Crippen molar-refractivity contribution in [3.63, 3.8) is 0 Å². The van der Waals surface area contributed by atoms with Crippen molar-refractivity contribution >= 4 is 109 Å². The molecule has 6 amide bonds. The molecule has 282 valence electrons. The van der Waals surface area contributed by atoms with Gasteiger partial charge in [0.25, 0.3) is 0 Å². The maximum absolute atomic E-state index is 14.2. The highest BCUT2D eigenvalue weighted by Gasteiger charge is 2.37. The van der Waals surface area contributed by atoms with Crippen molar-refractivity contribution in [1.82, 2.24) is 30.2 Å². The Morgan fingerprint density at radius 2 is 1.06 bits per heavy atom. The molecule has 2 saturated heterocycles. The Morgan fingerprint density at radius 1 is 0.660 bits per heavy atom. The SMILES string of the molecule is C=C1SC[C@@H](N)C(=O)NCC(=O)N(C)[C@H]2CSSC[C@@H](C(=O)N(C)[C@H]1CSC)N(C)C(=O)CNC(=O)[C@H](N)CSC(=O)[C@H](CSC)N(C)C2=O. The normalized spacial score (nSPS) is 28.8. The maximum Gasteiger partial charge on any atom is 0.246 e. The van der Waals surface area contributed by atoms with E-state index in [0.29, 0.717) is 10.7 Å². The third kappa shape index (κ3) is 12.4. The molecule has 2 fully saturated rings. The smallest absolute Gasteiger partial charge is 0.246 e. The number of rotatable bonds is 4. The first-order valence-electron chi connectivity index (χ1n) is 15.4. The van der Waals surface area contributed by atoms with E-state index in [4.69, 9.17) is 11.5 Å². The summed E-state index contributed by atoms with van der Waals surface area (Å²) in [6.07, 6.45) is 3.67. The predicted octanol–water partition coefficient (Wildman–Crippen LogP) is -1.18. The number of nitrogens with zero attached hydrogens (tertiary/aromatic N) is 4. The lowest BCUT2D eigenvalue weighted by atomic mass is 10.2. The van der Waals surface area contributed by atoms with Crippen LogP contribution in [0.5, 0.6) is 0 Å². The van der Waals surface area contributed by atoms with Gasteiger partial charge in [0, 0.05) is 67.6 Å². The highest BCUT2D eigenvalue weighted by Crippen LogP contribution is 2.29. The number of carbonyl (C=O) groups excluding carboxylic acids is 7. The Hall–Kier alpha value is -1.75. The monoisotopic (exact) mass is 812 g/mol. The molecule has 0 spiro atoms. The maximum atomic E-state index is 14.2. The number of nitrogens with two attached hydrogens (primary N) is 2. The molecule has 15 nitrogen and oxygen atoms in total. The number of amides is 6. The molecule has 0 aromatic heterocycles. The minimum absolute atomic E-state index is 0.0642. The number of thioether (sulfide) groups is 4. The van der Waals surface area contributed by atoms with Gasteiger partial charge in [-0.2, -0.15) is 23.5 Å². The highest BCUT2D eigenvalue weighted by molar-refractivity contribution is 8.76. The summed E-state index contributed by atoms with van der Waals surface area (Å²) >= 11 is 4.87. The largest absolute Gasteiger partial charge is 0.346 e. The van der Waals surface area contributed by atoms with Crippen LogP contribution in [0.2, 0.25) is 0 Å². The van der Waals surface area contributed by atoms with Gasteiger partial charge in [0.15, 0.2) is 0 Å². The van der Waals surface area contributed by atoms with Crippen molar-refractivity contribution in [2.45, 2.75) is 36.3 Å². The first-order valence-corrected chi connectivity index (χ1v) is 22.6. The zero-order valence-corrected chi connectivity index (χ0v) is 34.0. The Labute approximate surface area is 318 Å². The first-order chi connectivity index (χ1) is 23.6. The molecule has 0 radical (unpaired) electrons. The van der Waals surface area contributed by atoms with E-state index in [-0.39, 0.29) is 34.7 Å². The minimum Gasteiger partial charge on any atom is -0.346 e. The fourth-order valence-electron chi connectivity index (χ4n) is 4.67. The van der Waals surface area contributed by atoms with Gasteiger partial charge >= 0.3 is 0 Å². The summed E-state index contributed by atoms with van der Waals surface area (Å²) in [6.45, 7) is 3.32. The Morgan fingerprint density at radius 3 is 1.50 bits per heavy atom. The van der Waals surface area contributed by atoms with Gasteiger partial charge in [-0.15, -0.1) is 11.8 Å². The van der Waals surface area contributed by atoms with Crippen molar-refractivity contribution in [1.29, 1.82) is 0 Å². The summed E-state index contributed by atoms with van der Waals surface area (Å²) in [6, 6.07) is -5.58. The standard InChI is InChI=1S/C29H48N8O7S6/c1-16-19(12-45-6)36(4)27(42)20-14-49-50-15-21(35(3)24(39)8-32-25(40)17(30)10-47-16)28(43)37(5)22(13-46-7)29(44)48-11-18(31)26(41)33-9-23(38)34(20)2/h17-22H,1,8-15,30-31H2,2-7H3,(H,32,40)(H,33,41)/t17-,18-,19+,20+,21+,22+/m1/s1. The number of carbonyl (C=O) groups is 7. The van der Waals surface area contributed by atoms with Crippen molar-refractivity contribution in [3.05, 3.63) is 11.5 Å². The molecule has 2 bridgehead atoms. The van der Waals surface area contributed by atoms with Gasteiger partial charge in [-0.05, 0) is 12.5 Å². The zero-order chi connectivity index (χ0) is 37.7. The molecule has 6 N–H and O–H groups in total. The van der Waals surface area contributed by atoms with Crippen LogP contribution in [0, 0.1) is 0 Å². The van der Waals surface area contributed by atoms with E-state index < -0.39 is 84.0 Å². The van der Waals surface area contributed by atoms with Crippen LogP contribution in [0.4, 0.5) is 0 Å². The molecule has 21 heteroatoms. The van der Waals surface area contributed by atoms with Gasteiger partial charge in [-0.3, -0.25) is 33.6 Å². The lowest BCUT2D eigenvalue weighted by Crippen LogP contribution is -2.56. The van der Waals surface area contributed by atoms with E-state index in [9.17, 15) is 33.6 Å². The van der Waals surface area contributed by atoms with Crippen LogP contribution in [0.3, 0.4) is 0 Å². The van der Waals surface area contributed by atoms with Crippen LogP contribution >= 0.6 is 68.6 Å². The molecule has 2 heterocycles. The van der Waals surface area contributed by atoms with Gasteiger partial charge in [-0.1, -0.05) is 39.9 Å². The summed E-state index contributed by atoms with van der Waals surface area (Å²) < 4.78 is 0. The number of fused-ring (bicyclic) bond motifs is 5. The highest BCUT2D eigenvalue weighted by atomic mass is 33.1. The molecule has 0 saturated carbocycles. The predicted molar refractivity (Wildman–Crippen MR) is 209 cm³/mol. The number of likely N-dealkylation sites (N-methyl/N-ethyl adjacent to an activating group) is 4. The van der Waals surface area contributed by atoms with E-state index in [0.717, 1.165) is 11.8 Å². The number of hydrogen-bond acceptors (Lipinski definition) is 15. The lowest BCUT2D eigenvalue weighted by molar-refractivity contribution is -0.144. The molecule has 50 heavy (non-hydrogen) atoms. The average molecular weight is 813 g/mol. The van der Waals surface area contributed by atoms with Crippen molar-refractivity contribution in [2.24, 2.45) is 11.5 Å². The Kier molecular flexibility index (Phi) is 19.3. The Bertz CT molecular complexity index is 1190. The summed E-state index contributed by atoms with van der Waals surface area (Å²) in [5, 5.41) is 4.68. The van der Waals surface area contributed by atoms with E-state index in [1.165, 1.54) is 97.6 Å². The van der Waals surface area contributed by atoms with Crippen molar-refractivity contribution < 1.29 is 33.6 Å². The molecule has 0 aromatic carbocycles. The van der Waals surface area contributed by atoms with E-state index >= 15 is 0 Å². The summed E-state index contributed by atoms with van der Waals surface area (Å²) in [5.74, 6) is -2.31. The zero-order valence-electron chi connectivity index (χ0n) is 29.1. The van der Waals surface area contributed by atoms with Crippen LogP contribution < -0.4 is 22.1 Å². The summed E-state index contributed by atoms with van der Waals surface area (Å²) in [4.78, 5) is 100.0. The first kappa shape index (κ1) is 44.4. The van der Waals surface area contributed by atoms with Crippen LogP contribution in [0.15, 0.2) is 11.5 Å². The molecule has 0 unspecified atom stereocenters. The quantitative estimate of drug-likeness (QED) is 0.247. The molecular weight excluding hydrogens is 765 g/mol. The fourth-order valence-corrected chi connectivity index (χ4v) is 10.8. The average Bonchev–Trinajstić information content (AvgIpc) is 3.10. The third-order valence-electron chi connectivity index (χ3n) is 8.10. The van der Waals surface area contributed by atoms with Crippen molar-refractivity contribution in [2.75, 3.05) is 88.3 Å². The number of nitrogens with one attached hydrogen (secondary N) is 2. The Balaban J connectivity index is 2.64. The number of hydrogen-bond donors (Lipinski definition) is 4. The van der Waals surface area contributed by atoms with Crippen LogP contribution in [-0.4, -0.2) is 185 Å². The van der Waals surface area contributed by atoms with Crippen LogP contribution in [0.25, 0.3) is 0 Å². The van der Waals surface area contributed by atoms with Gasteiger partial charge in [0.2, 0.25) is 40.6 Å². The lowest BCUT2D eigenvalue weighted by Gasteiger charge is -2.36. The second kappa shape index (κ2) is 21.7. The van der Waals surface area contributed by atoms with Gasteiger partial charge in [0.1, 0.15) is 18.1 Å². The van der Waals surface area contributed by atoms with Crippen LogP contribution in [0.1, 0.15) is 0 Å². The van der Waals surface area contributed by atoms with Gasteiger partial charge in [0.05, 0.1) is 31.2 Å². The van der Waals surface area contributed by atoms with E-state index in [2.05, 4.69) is 17.2 Å². The third-order valence-corrected chi connectivity index (χ3v) is 14.0. The topological polar surface area (TPSA) is 209 Å². The van der Waals surface area contributed by atoms with Crippen molar-refractivity contribution in [3.8, 4) is 0 Å². The fraction of sp³-hybridized carbons (Fsp3) is 0.690. The summed E-state index contributed by atoms with van der Waals surface area (Å²) in [5.41, 5.74) is 12.2. The second-order valence-electron chi connectivity index (χ2n) is 11.5. The molecule has 0 aliphatic carbocycles. The molecule has 6 atom stereocenters. The molecule has 2 rings (SSSR count). The summed E-state index contributed by atoms with van der Waals surface area (Å²) in [7, 11) is 8.48.